The number of nitrogens with one attached hydrogen (secondary N) is 1. The second-order valence-electron chi connectivity index (χ2n) is 8.15. The van der Waals surface area contributed by atoms with Crippen LogP contribution >= 0.6 is 11.6 Å². The summed E-state index contributed by atoms with van der Waals surface area (Å²) >= 11 is 6.12. The lowest BCUT2D eigenvalue weighted by molar-refractivity contribution is -0.137. The van der Waals surface area contributed by atoms with Crippen LogP contribution in [0, 0.1) is 0 Å². The van der Waals surface area contributed by atoms with Crippen molar-refractivity contribution in [3.05, 3.63) is 53.6 Å². The highest BCUT2D eigenvalue weighted by Gasteiger charge is 2.23. The summed E-state index contributed by atoms with van der Waals surface area (Å²) in [5.41, 5.74) is 0.709. The molecule has 176 valence electrons. The number of hydrogen-bond donors (Lipinski definition) is 1. The standard InChI is InChI=1S/C24H29ClN4O4/c25-21-3-1-2-4-22(21)33-20-7-5-19(6-8-20)26-23(30)17-27-9-11-28(12-10-27)18-24(31)29-13-15-32-16-14-29/h1-8H,9-18H2,(H,26,30). The van der Waals surface area contributed by atoms with Gasteiger partial charge < -0.3 is 19.7 Å². The summed E-state index contributed by atoms with van der Waals surface area (Å²) < 4.78 is 11.1. The second kappa shape index (κ2) is 11.5. The predicted octanol–water partition coefficient (Wildman–Crippen LogP) is 2.55. The monoisotopic (exact) mass is 472 g/mol. The van der Waals surface area contributed by atoms with Gasteiger partial charge in [-0.15, -0.1) is 0 Å². The molecule has 0 aromatic heterocycles. The average Bonchev–Trinajstić information content (AvgIpc) is 2.83. The SMILES string of the molecule is O=C(CN1CCN(CC(=O)N2CCOCC2)CC1)Nc1ccc(Oc2ccccc2Cl)cc1. The minimum atomic E-state index is -0.0624. The van der Waals surface area contributed by atoms with Crippen molar-refractivity contribution >= 4 is 29.1 Å². The molecule has 1 N–H and O–H groups in total. The van der Waals surface area contributed by atoms with Crippen LogP contribution in [-0.4, -0.2) is 92.1 Å². The van der Waals surface area contributed by atoms with Crippen molar-refractivity contribution in [2.45, 2.75) is 0 Å². The third-order valence-electron chi connectivity index (χ3n) is 5.76. The summed E-state index contributed by atoms with van der Waals surface area (Å²) in [4.78, 5) is 31.0. The Kier molecular flexibility index (Phi) is 8.17. The molecule has 0 bridgehead atoms. The van der Waals surface area contributed by atoms with Crippen LogP contribution in [0.25, 0.3) is 0 Å². The molecule has 9 heteroatoms. The Morgan fingerprint density at radius 2 is 1.52 bits per heavy atom. The van der Waals surface area contributed by atoms with Crippen molar-refractivity contribution < 1.29 is 19.1 Å². The van der Waals surface area contributed by atoms with E-state index in [0.29, 0.717) is 61.6 Å². The number of ether oxygens (including phenoxy) is 2. The minimum absolute atomic E-state index is 0.0624. The summed E-state index contributed by atoms with van der Waals surface area (Å²) in [7, 11) is 0. The van der Waals surface area contributed by atoms with E-state index in [-0.39, 0.29) is 11.8 Å². The molecule has 8 nitrogen and oxygen atoms in total. The molecule has 2 amide bonds. The third-order valence-corrected chi connectivity index (χ3v) is 6.07. The van der Waals surface area contributed by atoms with Gasteiger partial charge in [0.15, 0.2) is 0 Å². The number of anilines is 1. The van der Waals surface area contributed by atoms with Crippen LogP contribution in [0.2, 0.25) is 5.02 Å². The topological polar surface area (TPSA) is 74.4 Å². The number of piperazine rings is 1. The summed E-state index contributed by atoms with van der Waals surface area (Å²) in [5.74, 6) is 1.32. The molecule has 0 aliphatic carbocycles. The van der Waals surface area contributed by atoms with E-state index in [4.69, 9.17) is 21.1 Å². The normalized spacial score (nSPS) is 17.5. The molecule has 2 saturated heterocycles. The Balaban J connectivity index is 1.18. The Labute approximate surface area is 199 Å². The first-order valence-corrected chi connectivity index (χ1v) is 11.6. The summed E-state index contributed by atoms with van der Waals surface area (Å²) in [6.45, 7) is 6.40. The summed E-state index contributed by atoms with van der Waals surface area (Å²) in [5, 5.41) is 3.47. The van der Waals surface area contributed by atoms with Crippen LogP contribution in [0.3, 0.4) is 0 Å². The van der Waals surface area contributed by atoms with Gasteiger partial charge >= 0.3 is 0 Å². The van der Waals surface area contributed by atoms with Gasteiger partial charge in [0.05, 0.1) is 31.3 Å². The highest BCUT2D eigenvalue weighted by atomic mass is 35.5. The lowest BCUT2D eigenvalue weighted by Gasteiger charge is -2.35. The summed E-state index contributed by atoms with van der Waals surface area (Å²) in [6.07, 6.45) is 0. The van der Waals surface area contributed by atoms with Gasteiger partial charge in [-0.1, -0.05) is 23.7 Å². The van der Waals surface area contributed by atoms with Gasteiger partial charge in [-0.05, 0) is 36.4 Å². The zero-order chi connectivity index (χ0) is 23.0. The van der Waals surface area contributed by atoms with Crippen LogP contribution in [0.5, 0.6) is 11.5 Å². The van der Waals surface area contributed by atoms with Crippen molar-refractivity contribution in [3.8, 4) is 11.5 Å². The highest BCUT2D eigenvalue weighted by molar-refractivity contribution is 6.32. The predicted molar refractivity (Wildman–Crippen MR) is 127 cm³/mol. The fourth-order valence-corrected chi connectivity index (χ4v) is 4.05. The van der Waals surface area contributed by atoms with E-state index in [0.717, 1.165) is 26.2 Å². The van der Waals surface area contributed by atoms with Crippen molar-refractivity contribution in [1.82, 2.24) is 14.7 Å². The van der Waals surface area contributed by atoms with E-state index in [1.165, 1.54) is 0 Å². The number of hydrogen-bond acceptors (Lipinski definition) is 6. The molecular weight excluding hydrogens is 444 g/mol. The maximum Gasteiger partial charge on any atom is 0.238 e. The number of amides is 2. The number of benzene rings is 2. The largest absolute Gasteiger partial charge is 0.456 e. The van der Waals surface area contributed by atoms with Crippen molar-refractivity contribution in [1.29, 1.82) is 0 Å². The van der Waals surface area contributed by atoms with Crippen LogP contribution in [-0.2, 0) is 14.3 Å². The molecule has 2 aromatic carbocycles. The number of para-hydroxylation sites is 1. The number of halogens is 1. The van der Waals surface area contributed by atoms with Gasteiger partial charge in [-0.3, -0.25) is 19.4 Å². The molecule has 0 spiro atoms. The van der Waals surface area contributed by atoms with E-state index in [1.54, 1.807) is 36.4 Å². The zero-order valence-corrected chi connectivity index (χ0v) is 19.3. The van der Waals surface area contributed by atoms with Gasteiger partial charge in [0.2, 0.25) is 11.8 Å². The smallest absolute Gasteiger partial charge is 0.238 e. The molecule has 4 rings (SSSR count). The summed E-state index contributed by atoms with van der Waals surface area (Å²) in [6, 6.07) is 14.5. The molecule has 2 aliphatic rings. The van der Waals surface area contributed by atoms with E-state index in [2.05, 4.69) is 15.1 Å². The van der Waals surface area contributed by atoms with Crippen molar-refractivity contribution in [2.24, 2.45) is 0 Å². The molecule has 2 aromatic rings. The van der Waals surface area contributed by atoms with E-state index in [9.17, 15) is 9.59 Å². The highest BCUT2D eigenvalue weighted by Crippen LogP contribution is 2.29. The van der Waals surface area contributed by atoms with E-state index < -0.39 is 0 Å². The first-order chi connectivity index (χ1) is 16.1. The molecule has 2 aliphatic heterocycles. The van der Waals surface area contributed by atoms with Crippen LogP contribution < -0.4 is 10.1 Å². The fraction of sp³-hybridized carbons (Fsp3) is 0.417. The zero-order valence-electron chi connectivity index (χ0n) is 18.5. The molecule has 33 heavy (non-hydrogen) atoms. The first-order valence-electron chi connectivity index (χ1n) is 11.2. The molecule has 0 radical (unpaired) electrons. The Hall–Kier alpha value is -2.65. The lowest BCUT2D eigenvalue weighted by atomic mass is 10.2. The molecule has 0 atom stereocenters. The molecule has 0 saturated carbocycles. The van der Waals surface area contributed by atoms with Gasteiger partial charge in [0.25, 0.3) is 0 Å². The molecular formula is C24H29ClN4O4. The fourth-order valence-electron chi connectivity index (χ4n) is 3.87. The number of morpholine rings is 1. The average molecular weight is 473 g/mol. The van der Waals surface area contributed by atoms with Gasteiger partial charge in [-0.2, -0.15) is 0 Å². The minimum Gasteiger partial charge on any atom is -0.456 e. The number of carbonyl (C=O) groups excluding carboxylic acids is 2. The third kappa shape index (κ3) is 6.91. The van der Waals surface area contributed by atoms with Crippen molar-refractivity contribution in [3.63, 3.8) is 0 Å². The number of rotatable bonds is 7. The maximum atomic E-state index is 12.5. The molecule has 0 unspecified atom stereocenters. The van der Waals surface area contributed by atoms with Gasteiger partial charge in [0.1, 0.15) is 11.5 Å². The Morgan fingerprint density at radius 1 is 0.879 bits per heavy atom. The lowest BCUT2D eigenvalue weighted by Crippen LogP contribution is -2.52. The molecule has 2 fully saturated rings. The number of nitrogens with zero attached hydrogens (tertiary/aromatic N) is 3. The van der Waals surface area contributed by atoms with Crippen LogP contribution in [0.15, 0.2) is 48.5 Å². The van der Waals surface area contributed by atoms with Crippen LogP contribution in [0.1, 0.15) is 0 Å². The van der Waals surface area contributed by atoms with Gasteiger partial charge in [-0.25, -0.2) is 0 Å². The first kappa shape index (κ1) is 23.5. The van der Waals surface area contributed by atoms with E-state index >= 15 is 0 Å². The number of carbonyl (C=O) groups is 2. The van der Waals surface area contributed by atoms with E-state index in [1.807, 2.05) is 17.0 Å². The Morgan fingerprint density at radius 3 is 2.18 bits per heavy atom. The second-order valence-corrected chi connectivity index (χ2v) is 8.56. The van der Waals surface area contributed by atoms with Crippen LogP contribution in [0.4, 0.5) is 5.69 Å². The van der Waals surface area contributed by atoms with Crippen molar-refractivity contribution in [2.75, 3.05) is 70.9 Å². The maximum absolute atomic E-state index is 12.5. The molecule has 2 heterocycles. The van der Waals surface area contributed by atoms with Gasteiger partial charge in [0, 0.05) is 45.0 Å². The Bertz CT molecular complexity index is 942. The quantitative estimate of drug-likeness (QED) is 0.667.